The van der Waals surface area contributed by atoms with Crippen LogP contribution in [0, 0.1) is 0 Å². The molecule has 0 unspecified atom stereocenters. The number of carbonyl (C=O) groups is 1. The van der Waals surface area contributed by atoms with Gasteiger partial charge in [-0.25, -0.2) is 0 Å². The Kier molecular flexibility index (Phi) is 6.80. The van der Waals surface area contributed by atoms with Crippen molar-refractivity contribution in [1.82, 2.24) is 0 Å². The summed E-state index contributed by atoms with van der Waals surface area (Å²) in [5, 5.41) is 9.10. The van der Waals surface area contributed by atoms with Gasteiger partial charge >= 0.3 is 5.97 Å². The molecule has 0 saturated carbocycles. The molecule has 0 atom stereocenters. The topological polar surface area (TPSA) is 46.5 Å². The summed E-state index contributed by atoms with van der Waals surface area (Å²) in [5.74, 6) is 0.583. The number of phenols is 1. The van der Waals surface area contributed by atoms with Gasteiger partial charge in [-0.2, -0.15) is 0 Å². The lowest BCUT2D eigenvalue weighted by Gasteiger charge is -2.03. The molecule has 3 heteroatoms. The van der Waals surface area contributed by atoms with Crippen LogP contribution in [0.4, 0.5) is 0 Å². The Labute approximate surface area is 170 Å². The van der Waals surface area contributed by atoms with Crippen molar-refractivity contribution in [1.29, 1.82) is 0 Å². The van der Waals surface area contributed by atoms with E-state index in [4.69, 9.17) is 9.84 Å². The largest absolute Gasteiger partial charge is 0.508 e. The molecule has 0 bridgehead atoms. The predicted molar refractivity (Wildman–Crippen MR) is 117 cm³/mol. The zero-order valence-corrected chi connectivity index (χ0v) is 16.2. The van der Waals surface area contributed by atoms with E-state index in [1.54, 1.807) is 24.3 Å². The van der Waals surface area contributed by atoms with Crippen molar-refractivity contribution in [2.45, 2.75) is 6.92 Å². The maximum atomic E-state index is 10.7. The van der Waals surface area contributed by atoms with Crippen molar-refractivity contribution >= 4 is 5.97 Å². The average Bonchev–Trinajstić information content (AvgIpc) is 2.76. The van der Waals surface area contributed by atoms with Crippen molar-refractivity contribution in [3.05, 3.63) is 109 Å². The van der Waals surface area contributed by atoms with Gasteiger partial charge < -0.3 is 9.84 Å². The van der Waals surface area contributed by atoms with Crippen molar-refractivity contribution in [2.24, 2.45) is 0 Å². The standard InChI is InChI=1S/C14H12O2.C12H10O/c1-11(15)16-14-9-7-13(8-10-14)12-5-3-2-4-6-12;13-12-8-6-11(7-9-12)10-4-2-1-3-5-10/h2-10H,1H3;1-9,13H. The smallest absolute Gasteiger partial charge is 0.308 e. The zero-order valence-electron chi connectivity index (χ0n) is 16.2. The van der Waals surface area contributed by atoms with Gasteiger partial charge in [-0.3, -0.25) is 4.79 Å². The first-order valence-corrected chi connectivity index (χ1v) is 9.30. The molecule has 0 amide bonds. The van der Waals surface area contributed by atoms with Crippen LogP contribution in [0.5, 0.6) is 11.5 Å². The molecule has 0 aromatic heterocycles. The number of aromatic hydroxyl groups is 1. The first kappa shape index (κ1) is 19.9. The molecular weight excluding hydrogens is 360 g/mol. The van der Waals surface area contributed by atoms with Crippen LogP contribution in [-0.2, 0) is 4.79 Å². The summed E-state index contributed by atoms with van der Waals surface area (Å²) < 4.78 is 4.97. The van der Waals surface area contributed by atoms with E-state index in [1.807, 2.05) is 84.9 Å². The van der Waals surface area contributed by atoms with Gasteiger partial charge in [0.15, 0.2) is 0 Å². The number of rotatable bonds is 3. The third-order valence-corrected chi connectivity index (χ3v) is 4.20. The van der Waals surface area contributed by atoms with Gasteiger partial charge in [-0.15, -0.1) is 0 Å². The Morgan fingerprint density at radius 2 is 0.966 bits per heavy atom. The summed E-state index contributed by atoms with van der Waals surface area (Å²) in [6.07, 6.45) is 0. The zero-order chi connectivity index (χ0) is 20.5. The number of ether oxygens (including phenoxy) is 1. The van der Waals surface area contributed by atoms with E-state index in [1.165, 1.54) is 12.5 Å². The van der Waals surface area contributed by atoms with Gasteiger partial charge in [0.25, 0.3) is 0 Å². The number of carbonyl (C=O) groups excluding carboxylic acids is 1. The minimum Gasteiger partial charge on any atom is -0.508 e. The van der Waals surface area contributed by atoms with Crippen LogP contribution >= 0.6 is 0 Å². The molecule has 0 radical (unpaired) electrons. The number of benzene rings is 4. The summed E-state index contributed by atoms with van der Waals surface area (Å²) in [6, 6.07) is 34.8. The fourth-order valence-electron chi connectivity index (χ4n) is 2.80. The Morgan fingerprint density at radius 3 is 1.38 bits per heavy atom. The minimum absolute atomic E-state index is 0.299. The van der Waals surface area contributed by atoms with Crippen molar-refractivity contribution in [3.63, 3.8) is 0 Å². The molecule has 0 aliphatic carbocycles. The highest BCUT2D eigenvalue weighted by Crippen LogP contribution is 2.22. The lowest BCUT2D eigenvalue weighted by Crippen LogP contribution is -2.00. The van der Waals surface area contributed by atoms with E-state index < -0.39 is 0 Å². The van der Waals surface area contributed by atoms with E-state index in [2.05, 4.69) is 0 Å². The van der Waals surface area contributed by atoms with Crippen molar-refractivity contribution in [2.75, 3.05) is 0 Å². The van der Waals surface area contributed by atoms with Gasteiger partial charge in [0, 0.05) is 6.92 Å². The van der Waals surface area contributed by atoms with Gasteiger partial charge in [0.05, 0.1) is 0 Å². The molecule has 4 rings (SSSR count). The van der Waals surface area contributed by atoms with Gasteiger partial charge in [0.1, 0.15) is 11.5 Å². The summed E-state index contributed by atoms with van der Waals surface area (Å²) in [5.41, 5.74) is 4.55. The molecule has 4 aromatic carbocycles. The minimum atomic E-state index is -0.299. The van der Waals surface area contributed by atoms with E-state index in [0.717, 1.165) is 16.7 Å². The number of esters is 1. The van der Waals surface area contributed by atoms with Gasteiger partial charge in [0.2, 0.25) is 0 Å². The van der Waals surface area contributed by atoms with Crippen LogP contribution in [0.25, 0.3) is 22.3 Å². The molecule has 0 heterocycles. The monoisotopic (exact) mass is 382 g/mol. The third-order valence-electron chi connectivity index (χ3n) is 4.20. The predicted octanol–water partition coefficient (Wildman–Crippen LogP) is 6.34. The fourth-order valence-corrected chi connectivity index (χ4v) is 2.80. The number of hydrogen-bond acceptors (Lipinski definition) is 3. The Hall–Kier alpha value is -3.85. The van der Waals surface area contributed by atoms with E-state index in [-0.39, 0.29) is 5.97 Å². The Bertz CT molecular complexity index is 1020. The SMILES string of the molecule is CC(=O)Oc1ccc(-c2ccccc2)cc1.Oc1ccc(-c2ccccc2)cc1. The summed E-state index contributed by atoms with van der Waals surface area (Å²) >= 11 is 0. The second-order valence-corrected chi connectivity index (χ2v) is 6.40. The quantitative estimate of drug-likeness (QED) is 0.332. The molecular formula is C26H22O3. The van der Waals surface area contributed by atoms with Crippen LogP contribution in [0.3, 0.4) is 0 Å². The lowest BCUT2D eigenvalue weighted by molar-refractivity contribution is -0.131. The molecule has 0 saturated heterocycles. The average molecular weight is 382 g/mol. The van der Waals surface area contributed by atoms with E-state index in [0.29, 0.717) is 11.5 Å². The van der Waals surface area contributed by atoms with Crippen LogP contribution < -0.4 is 4.74 Å². The highest BCUT2D eigenvalue weighted by Gasteiger charge is 1.99. The van der Waals surface area contributed by atoms with Crippen molar-refractivity contribution < 1.29 is 14.6 Å². The highest BCUT2D eigenvalue weighted by atomic mass is 16.5. The normalized spacial score (nSPS) is 9.83. The highest BCUT2D eigenvalue weighted by molar-refractivity contribution is 5.70. The summed E-state index contributed by atoms with van der Waals surface area (Å²) in [6.45, 7) is 1.39. The second-order valence-electron chi connectivity index (χ2n) is 6.40. The molecule has 0 fully saturated rings. The fraction of sp³-hybridized carbons (Fsp3) is 0.0385. The molecule has 0 aliphatic rings. The van der Waals surface area contributed by atoms with Crippen LogP contribution in [-0.4, -0.2) is 11.1 Å². The van der Waals surface area contributed by atoms with Crippen LogP contribution in [0.1, 0.15) is 6.92 Å². The number of phenolic OH excluding ortho intramolecular Hbond substituents is 1. The number of hydrogen-bond donors (Lipinski definition) is 1. The summed E-state index contributed by atoms with van der Waals surface area (Å²) in [4.78, 5) is 10.7. The maximum Gasteiger partial charge on any atom is 0.308 e. The Balaban J connectivity index is 0.000000169. The summed E-state index contributed by atoms with van der Waals surface area (Å²) in [7, 11) is 0. The maximum absolute atomic E-state index is 10.7. The van der Waals surface area contributed by atoms with Gasteiger partial charge in [-0.05, 0) is 46.5 Å². The molecule has 29 heavy (non-hydrogen) atoms. The van der Waals surface area contributed by atoms with E-state index >= 15 is 0 Å². The van der Waals surface area contributed by atoms with Crippen LogP contribution in [0.2, 0.25) is 0 Å². The Morgan fingerprint density at radius 1 is 0.586 bits per heavy atom. The molecule has 1 N–H and O–H groups in total. The lowest BCUT2D eigenvalue weighted by atomic mass is 10.1. The molecule has 0 spiro atoms. The molecule has 0 aliphatic heterocycles. The van der Waals surface area contributed by atoms with Crippen molar-refractivity contribution in [3.8, 4) is 33.8 Å². The third kappa shape index (κ3) is 6.08. The second kappa shape index (κ2) is 9.90. The molecule has 3 nitrogen and oxygen atoms in total. The first-order valence-electron chi connectivity index (χ1n) is 9.30. The molecule has 144 valence electrons. The van der Waals surface area contributed by atoms with Crippen LogP contribution in [0.15, 0.2) is 109 Å². The first-order chi connectivity index (χ1) is 14.1. The molecule has 4 aromatic rings. The van der Waals surface area contributed by atoms with Gasteiger partial charge in [-0.1, -0.05) is 84.9 Å². The van der Waals surface area contributed by atoms with E-state index in [9.17, 15) is 4.79 Å².